The van der Waals surface area contributed by atoms with E-state index in [0.29, 0.717) is 72.0 Å². The second-order valence-corrected chi connectivity index (χ2v) is 8.50. The second kappa shape index (κ2) is 12.4. The minimum atomic E-state index is -0.343. The maximum absolute atomic E-state index is 12.6. The third-order valence-corrected chi connectivity index (χ3v) is 5.73. The maximum Gasteiger partial charge on any atom is 0.223 e. The van der Waals surface area contributed by atoms with E-state index in [1.807, 2.05) is 36.6 Å². The summed E-state index contributed by atoms with van der Waals surface area (Å²) in [6.45, 7) is 5.42. The number of aryl methyl sites for hydroxylation is 1. The number of amides is 1. The van der Waals surface area contributed by atoms with Crippen LogP contribution in [0.3, 0.4) is 0 Å². The Balaban J connectivity index is 1.88. The average Bonchev–Trinajstić information content (AvgIpc) is 3.22. The van der Waals surface area contributed by atoms with E-state index < -0.39 is 0 Å². The maximum atomic E-state index is 12.6. The van der Waals surface area contributed by atoms with E-state index in [1.165, 1.54) is 0 Å². The molecule has 1 heterocycles. The fourth-order valence-corrected chi connectivity index (χ4v) is 3.76. The zero-order valence-corrected chi connectivity index (χ0v) is 20.9. The number of ether oxygens (including phenoxy) is 2. The predicted octanol–water partition coefficient (Wildman–Crippen LogP) is 2.92. The predicted molar refractivity (Wildman–Crippen MR) is 136 cm³/mol. The number of carbonyl (C=O) groups excluding carboxylic acids is 1. The highest BCUT2D eigenvalue weighted by Gasteiger charge is 2.22. The van der Waals surface area contributed by atoms with Gasteiger partial charge in [0.05, 0.1) is 31.7 Å². The first kappa shape index (κ1) is 26.3. The van der Waals surface area contributed by atoms with Gasteiger partial charge in [0.2, 0.25) is 5.91 Å². The van der Waals surface area contributed by atoms with Gasteiger partial charge in [0.15, 0.2) is 0 Å². The molecule has 3 aromatic rings. The molecule has 0 aliphatic heterocycles. The van der Waals surface area contributed by atoms with Crippen LogP contribution in [0.1, 0.15) is 29.7 Å². The van der Waals surface area contributed by atoms with E-state index in [2.05, 4.69) is 15.5 Å². The molecule has 1 aromatic heterocycles. The smallest absolute Gasteiger partial charge is 0.223 e. The first-order valence-electron chi connectivity index (χ1n) is 11.3. The highest BCUT2D eigenvalue weighted by molar-refractivity contribution is 6.30. The van der Waals surface area contributed by atoms with Gasteiger partial charge in [0.1, 0.15) is 17.4 Å². The van der Waals surface area contributed by atoms with Crippen molar-refractivity contribution >= 4 is 23.2 Å². The first-order chi connectivity index (χ1) is 16.8. The summed E-state index contributed by atoms with van der Waals surface area (Å²) in [5.41, 5.74) is 7.78. The zero-order chi connectivity index (χ0) is 25.4. The lowest BCUT2D eigenvalue weighted by Gasteiger charge is -2.17. The summed E-state index contributed by atoms with van der Waals surface area (Å²) in [6.07, 6.45) is 0.371. The molecule has 0 fully saturated rings. The SMILES string of the molecule is COc1ccc(-n2c(C)nnc2CC(C)C(=O)NCCOCCN)c(C(=N)c2ccc(Cl)cc2)c1. The van der Waals surface area contributed by atoms with Crippen LogP contribution >= 0.6 is 11.6 Å². The lowest BCUT2D eigenvalue weighted by atomic mass is 9.99. The Morgan fingerprint density at radius 1 is 1.20 bits per heavy atom. The number of halogens is 1. The fraction of sp³-hybridized carbons (Fsp3) is 0.360. The van der Waals surface area contributed by atoms with Crippen molar-refractivity contribution in [1.82, 2.24) is 20.1 Å². The zero-order valence-electron chi connectivity index (χ0n) is 20.2. The normalized spacial score (nSPS) is 11.8. The van der Waals surface area contributed by atoms with Crippen LogP contribution < -0.4 is 15.8 Å². The van der Waals surface area contributed by atoms with Crippen molar-refractivity contribution in [3.05, 3.63) is 70.3 Å². The molecular weight excluding hydrogens is 468 g/mol. The topological polar surface area (TPSA) is 128 Å². The van der Waals surface area contributed by atoms with Crippen molar-refractivity contribution in [1.29, 1.82) is 5.41 Å². The quantitative estimate of drug-likeness (QED) is 0.260. The summed E-state index contributed by atoms with van der Waals surface area (Å²) in [5.74, 6) is 1.46. The number of nitrogens with two attached hydrogens (primary N) is 1. The van der Waals surface area contributed by atoms with E-state index >= 15 is 0 Å². The van der Waals surface area contributed by atoms with Crippen molar-refractivity contribution in [2.24, 2.45) is 11.7 Å². The molecule has 0 aliphatic carbocycles. The third-order valence-electron chi connectivity index (χ3n) is 5.48. The molecule has 4 N–H and O–H groups in total. The van der Waals surface area contributed by atoms with Gasteiger partial charge >= 0.3 is 0 Å². The Morgan fingerprint density at radius 3 is 2.63 bits per heavy atom. The summed E-state index contributed by atoms with van der Waals surface area (Å²) in [7, 11) is 1.58. The molecule has 0 saturated carbocycles. The van der Waals surface area contributed by atoms with Crippen LogP contribution in [0, 0.1) is 18.3 Å². The van der Waals surface area contributed by atoms with Crippen LogP contribution in [-0.2, 0) is 16.0 Å². The summed E-state index contributed by atoms with van der Waals surface area (Å²) in [5, 5.41) is 21.0. The van der Waals surface area contributed by atoms with Crippen LogP contribution in [0.25, 0.3) is 5.69 Å². The van der Waals surface area contributed by atoms with Gasteiger partial charge in [-0.15, -0.1) is 10.2 Å². The molecule has 0 spiro atoms. The average molecular weight is 499 g/mol. The van der Waals surface area contributed by atoms with Crippen LogP contribution in [0.2, 0.25) is 5.02 Å². The van der Waals surface area contributed by atoms with Gasteiger partial charge in [-0.05, 0) is 37.3 Å². The van der Waals surface area contributed by atoms with Gasteiger partial charge in [-0.2, -0.15) is 0 Å². The Labute approximate surface area is 210 Å². The van der Waals surface area contributed by atoms with Crippen LogP contribution in [-0.4, -0.2) is 59.8 Å². The van der Waals surface area contributed by atoms with E-state index in [0.717, 1.165) is 5.69 Å². The minimum Gasteiger partial charge on any atom is -0.497 e. The lowest BCUT2D eigenvalue weighted by molar-refractivity contribution is -0.124. The van der Waals surface area contributed by atoms with E-state index in [4.69, 9.17) is 32.2 Å². The summed E-state index contributed by atoms with van der Waals surface area (Å²) >= 11 is 6.04. The molecule has 0 radical (unpaired) electrons. The van der Waals surface area contributed by atoms with E-state index in [9.17, 15) is 4.79 Å². The number of carbonyl (C=O) groups is 1. The van der Waals surface area contributed by atoms with Gasteiger partial charge in [-0.1, -0.05) is 30.7 Å². The monoisotopic (exact) mass is 498 g/mol. The number of methoxy groups -OCH3 is 1. The summed E-state index contributed by atoms with van der Waals surface area (Å²) < 4.78 is 12.6. The van der Waals surface area contributed by atoms with Crippen molar-refractivity contribution in [3.63, 3.8) is 0 Å². The van der Waals surface area contributed by atoms with Crippen molar-refractivity contribution in [2.75, 3.05) is 33.4 Å². The number of nitrogens with one attached hydrogen (secondary N) is 2. The van der Waals surface area contributed by atoms with E-state index in [-0.39, 0.29) is 11.8 Å². The fourth-order valence-electron chi connectivity index (χ4n) is 3.63. The Hall–Kier alpha value is -3.27. The Bertz CT molecular complexity index is 1160. The van der Waals surface area contributed by atoms with Crippen molar-refractivity contribution < 1.29 is 14.3 Å². The molecular formula is C25H31ClN6O3. The summed E-state index contributed by atoms with van der Waals surface area (Å²) in [4.78, 5) is 12.6. The van der Waals surface area contributed by atoms with Gasteiger partial charge in [0, 0.05) is 41.6 Å². The van der Waals surface area contributed by atoms with Crippen molar-refractivity contribution in [3.8, 4) is 11.4 Å². The Kier molecular flexibility index (Phi) is 9.36. The van der Waals surface area contributed by atoms with Crippen molar-refractivity contribution in [2.45, 2.75) is 20.3 Å². The van der Waals surface area contributed by atoms with Crippen LogP contribution in [0.5, 0.6) is 5.75 Å². The van der Waals surface area contributed by atoms with Gasteiger partial charge < -0.3 is 20.5 Å². The molecule has 1 unspecified atom stereocenters. The molecule has 1 amide bonds. The molecule has 0 aliphatic rings. The molecule has 0 bridgehead atoms. The lowest BCUT2D eigenvalue weighted by Crippen LogP contribution is -2.33. The number of hydrogen-bond acceptors (Lipinski definition) is 7. The molecule has 35 heavy (non-hydrogen) atoms. The number of hydrogen-bond donors (Lipinski definition) is 3. The standard InChI is InChI=1S/C25H31ClN6O3/c1-16(25(33)29-11-13-35-12-10-27)14-23-31-30-17(2)32(23)22-9-8-20(34-3)15-21(22)24(28)18-4-6-19(26)7-5-18/h4-9,15-16,28H,10-14,27H2,1-3H3,(H,29,33). The van der Waals surface area contributed by atoms with Gasteiger partial charge in [0.25, 0.3) is 0 Å². The number of aromatic nitrogens is 3. The molecule has 10 heteroatoms. The molecule has 9 nitrogen and oxygen atoms in total. The molecule has 1 atom stereocenters. The van der Waals surface area contributed by atoms with Crippen LogP contribution in [0.15, 0.2) is 42.5 Å². The molecule has 3 rings (SSSR count). The van der Waals surface area contributed by atoms with Crippen LogP contribution in [0.4, 0.5) is 0 Å². The minimum absolute atomic E-state index is 0.0996. The second-order valence-electron chi connectivity index (χ2n) is 8.06. The molecule has 0 saturated heterocycles. The third kappa shape index (κ3) is 6.66. The molecule has 186 valence electrons. The number of benzene rings is 2. The number of nitrogens with zero attached hydrogens (tertiary/aromatic N) is 3. The summed E-state index contributed by atoms with van der Waals surface area (Å²) in [6, 6.07) is 12.6. The van der Waals surface area contributed by atoms with Gasteiger partial charge in [-0.25, -0.2) is 0 Å². The largest absolute Gasteiger partial charge is 0.497 e. The first-order valence-corrected chi connectivity index (χ1v) is 11.7. The Morgan fingerprint density at radius 2 is 1.94 bits per heavy atom. The highest BCUT2D eigenvalue weighted by Crippen LogP contribution is 2.27. The highest BCUT2D eigenvalue weighted by atomic mass is 35.5. The van der Waals surface area contributed by atoms with Gasteiger partial charge in [-0.3, -0.25) is 14.8 Å². The van der Waals surface area contributed by atoms with E-state index in [1.54, 1.807) is 31.4 Å². The molecule has 2 aromatic carbocycles. The number of rotatable bonds is 12.